The largest absolute Gasteiger partial charge is 0.376 e. The summed E-state index contributed by atoms with van der Waals surface area (Å²) in [5.41, 5.74) is 6.07. The second-order valence-corrected chi connectivity index (χ2v) is 5.91. The third-order valence-electron chi connectivity index (χ3n) is 3.89. The van der Waals surface area contributed by atoms with E-state index in [1.165, 1.54) is 22.3 Å². The Balaban J connectivity index is 2.08. The number of benzene rings is 2. The first-order chi connectivity index (χ1) is 11.7. The molecule has 2 aromatic carbocycles. The highest BCUT2D eigenvalue weighted by Crippen LogP contribution is 2.29. The van der Waals surface area contributed by atoms with E-state index in [1.54, 1.807) is 0 Å². The molecule has 1 heteroatoms. The highest BCUT2D eigenvalue weighted by atomic mass is 16.5. The lowest BCUT2D eigenvalue weighted by molar-refractivity contribution is 0.123. The first kappa shape index (κ1) is 18.0. The zero-order chi connectivity index (χ0) is 17.2. The van der Waals surface area contributed by atoms with Gasteiger partial charge >= 0.3 is 0 Å². The number of rotatable bonds is 9. The van der Waals surface area contributed by atoms with Gasteiger partial charge in [0.1, 0.15) is 0 Å². The van der Waals surface area contributed by atoms with Crippen molar-refractivity contribution in [3.05, 3.63) is 102 Å². The molecule has 24 heavy (non-hydrogen) atoms. The molecule has 124 valence electrons. The van der Waals surface area contributed by atoms with Crippen molar-refractivity contribution in [2.45, 2.75) is 26.4 Å². The van der Waals surface area contributed by atoms with Crippen LogP contribution in [0.5, 0.6) is 0 Å². The summed E-state index contributed by atoms with van der Waals surface area (Å²) >= 11 is 0. The van der Waals surface area contributed by atoms with Crippen molar-refractivity contribution in [1.29, 1.82) is 0 Å². The van der Waals surface area contributed by atoms with Gasteiger partial charge in [-0.2, -0.15) is 0 Å². The minimum absolute atomic E-state index is 0.649. The number of allylic oxidation sites excluding steroid dienone is 3. The predicted molar refractivity (Wildman–Crippen MR) is 104 cm³/mol. The van der Waals surface area contributed by atoms with Crippen LogP contribution < -0.4 is 0 Å². The van der Waals surface area contributed by atoms with Crippen LogP contribution in [0.4, 0.5) is 0 Å². The van der Waals surface area contributed by atoms with Crippen LogP contribution in [0.15, 0.2) is 91.0 Å². The van der Waals surface area contributed by atoms with Crippen molar-refractivity contribution in [3.63, 3.8) is 0 Å². The lowest BCUT2D eigenvalue weighted by Crippen LogP contribution is -2.00. The molecule has 0 bridgehead atoms. The van der Waals surface area contributed by atoms with E-state index in [4.69, 9.17) is 4.74 Å². The SMILES string of the molecule is C=CC/C(CCOCc1ccccc1)=C(/C(=C)C)c1ccccc1. The second-order valence-electron chi connectivity index (χ2n) is 5.91. The number of hydrogen-bond acceptors (Lipinski definition) is 1. The van der Waals surface area contributed by atoms with Crippen LogP contribution in [-0.2, 0) is 11.3 Å². The summed E-state index contributed by atoms with van der Waals surface area (Å²) in [5, 5.41) is 0. The van der Waals surface area contributed by atoms with Crippen molar-refractivity contribution >= 4 is 5.57 Å². The van der Waals surface area contributed by atoms with E-state index in [-0.39, 0.29) is 0 Å². The lowest BCUT2D eigenvalue weighted by atomic mass is 9.91. The lowest BCUT2D eigenvalue weighted by Gasteiger charge is -2.16. The standard InChI is InChI=1S/C23H26O/c1-4-11-21(16-17-24-18-20-12-7-5-8-13-20)23(19(2)3)22-14-9-6-10-15-22/h4-10,12-15H,1-2,11,16-18H2,3H3/b23-21+. The van der Waals surface area contributed by atoms with Gasteiger partial charge < -0.3 is 4.74 Å². The van der Waals surface area contributed by atoms with E-state index >= 15 is 0 Å². The summed E-state index contributed by atoms with van der Waals surface area (Å²) in [6.45, 7) is 11.5. The zero-order valence-corrected chi connectivity index (χ0v) is 14.5. The number of ether oxygens (including phenoxy) is 1. The molecule has 1 nitrogen and oxygen atoms in total. The molecule has 0 heterocycles. The van der Waals surface area contributed by atoms with E-state index in [9.17, 15) is 0 Å². The van der Waals surface area contributed by atoms with E-state index in [0.29, 0.717) is 13.2 Å². The van der Waals surface area contributed by atoms with Gasteiger partial charge in [-0.05, 0) is 36.5 Å². The Morgan fingerprint density at radius 1 is 1.00 bits per heavy atom. The van der Waals surface area contributed by atoms with Crippen LogP contribution in [0.1, 0.15) is 30.9 Å². The molecule has 0 N–H and O–H groups in total. The minimum atomic E-state index is 0.649. The molecule has 0 radical (unpaired) electrons. The van der Waals surface area contributed by atoms with Crippen LogP contribution in [0.3, 0.4) is 0 Å². The number of hydrogen-bond donors (Lipinski definition) is 0. The maximum absolute atomic E-state index is 5.86. The van der Waals surface area contributed by atoms with Crippen molar-refractivity contribution < 1.29 is 4.74 Å². The van der Waals surface area contributed by atoms with Gasteiger partial charge in [0.25, 0.3) is 0 Å². The molecule has 0 atom stereocenters. The van der Waals surface area contributed by atoms with Crippen molar-refractivity contribution in [2.24, 2.45) is 0 Å². The molecule has 0 aliphatic rings. The molecule has 0 spiro atoms. The fourth-order valence-corrected chi connectivity index (χ4v) is 2.82. The molecule has 0 aliphatic heterocycles. The van der Waals surface area contributed by atoms with E-state index in [0.717, 1.165) is 18.4 Å². The van der Waals surface area contributed by atoms with Gasteiger partial charge in [0.05, 0.1) is 13.2 Å². The highest BCUT2D eigenvalue weighted by Gasteiger charge is 2.09. The van der Waals surface area contributed by atoms with Gasteiger partial charge in [-0.3, -0.25) is 0 Å². The molecule has 0 saturated carbocycles. The van der Waals surface area contributed by atoms with Crippen LogP contribution in [0.25, 0.3) is 5.57 Å². The topological polar surface area (TPSA) is 9.23 Å². The van der Waals surface area contributed by atoms with Crippen LogP contribution >= 0.6 is 0 Å². The van der Waals surface area contributed by atoms with Gasteiger partial charge in [-0.15, -0.1) is 6.58 Å². The molecular weight excluding hydrogens is 292 g/mol. The Labute approximate surface area is 146 Å². The zero-order valence-electron chi connectivity index (χ0n) is 14.5. The van der Waals surface area contributed by atoms with E-state index in [2.05, 4.69) is 56.5 Å². The maximum Gasteiger partial charge on any atom is 0.0717 e. The Morgan fingerprint density at radius 2 is 1.62 bits per heavy atom. The van der Waals surface area contributed by atoms with Gasteiger partial charge in [-0.25, -0.2) is 0 Å². The Morgan fingerprint density at radius 3 is 2.21 bits per heavy atom. The molecule has 0 fully saturated rings. The van der Waals surface area contributed by atoms with E-state index < -0.39 is 0 Å². The quantitative estimate of drug-likeness (QED) is 0.304. The molecule has 0 amide bonds. The third-order valence-corrected chi connectivity index (χ3v) is 3.89. The summed E-state index contributed by atoms with van der Waals surface area (Å²) in [7, 11) is 0. The van der Waals surface area contributed by atoms with Crippen molar-refractivity contribution in [1.82, 2.24) is 0 Å². The average Bonchev–Trinajstić information content (AvgIpc) is 2.60. The molecular formula is C23H26O. The molecule has 0 aliphatic carbocycles. The van der Waals surface area contributed by atoms with Crippen LogP contribution in [0.2, 0.25) is 0 Å². The fraction of sp³-hybridized carbons (Fsp3) is 0.217. The fourth-order valence-electron chi connectivity index (χ4n) is 2.82. The summed E-state index contributed by atoms with van der Waals surface area (Å²) < 4.78 is 5.86. The molecule has 2 aromatic rings. The third kappa shape index (κ3) is 5.36. The highest BCUT2D eigenvalue weighted by molar-refractivity contribution is 5.80. The van der Waals surface area contributed by atoms with Gasteiger partial charge in [0.2, 0.25) is 0 Å². The average molecular weight is 318 g/mol. The summed E-state index contributed by atoms with van der Waals surface area (Å²) in [6.07, 6.45) is 3.69. The summed E-state index contributed by atoms with van der Waals surface area (Å²) in [5.74, 6) is 0. The van der Waals surface area contributed by atoms with Gasteiger partial charge in [0.15, 0.2) is 0 Å². The van der Waals surface area contributed by atoms with Crippen molar-refractivity contribution in [3.8, 4) is 0 Å². The molecule has 0 saturated heterocycles. The Kier molecular flexibility index (Phi) is 7.25. The first-order valence-electron chi connectivity index (χ1n) is 8.38. The normalized spacial score (nSPS) is 11.7. The monoisotopic (exact) mass is 318 g/mol. The van der Waals surface area contributed by atoms with Crippen LogP contribution in [0, 0.1) is 0 Å². The maximum atomic E-state index is 5.86. The summed E-state index contributed by atoms with van der Waals surface area (Å²) in [6, 6.07) is 20.7. The predicted octanol–water partition coefficient (Wildman–Crippen LogP) is 6.20. The van der Waals surface area contributed by atoms with Gasteiger partial charge in [-0.1, -0.05) is 84.5 Å². The second kappa shape index (κ2) is 9.69. The van der Waals surface area contributed by atoms with E-state index in [1.807, 2.05) is 30.3 Å². The van der Waals surface area contributed by atoms with Crippen molar-refractivity contribution in [2.75, 3.05) is 6.61 Å². The molecule has 0 aromatic heterocycles. The van der Waals surface area contributed by atoms with Crippen LogP contribution in [-0.4, -0.2) is 6.61 Å². The molecule has 2 rings (SSSR count). The first-order valence-corrected chi connectivity index (χ1v) is 8.38. The minimum Gasteiger partial charge on any atom is -0.376 e. The Bertz CT molecular complexity index is 680. The smallest absolute Gasteiger partial charge is 0.0717 e. The summed E-state index contributed by atoms with van der Waals surface area (Å²) in [4.78, 5) is 0. The van der Waals surface area contributed by atoms with Gasteiger partial charge in [0, 0.05) is 0 Å². The molecule has 0 unspecified atom stereocenters. The Hall–Kier alpha value is -2.38.